The molecule has 0 radical (unpaired) electrons. The van der Waals surface area contributed by atoms with Gasteiger partial charge in [0, 0.05) is 14.1 Å². The van der Waals surface area contributed by atoms with Crippen molar-refractivity contribution in [2.45, 2.75) is 27.7 Å². The topological polar surface area (TPSA) is 41.1 Å². The van der Waals surface area contributed by atoms with Gasteiger partial charge in [0.1, 0.15) is 0 Å². The van der Waals surface area contributed by atoms with E-state index in [4.69, 9.17) is 0 Å². The molecule has 0 fully saturated rings. The van der Waals surface area contributed by atoms with Gasteiger partial charge in [-0.05, 0) is 0 Å². The molecule has 0 atom stereocenters. The summed E-state index contributed by atoms with van der Waals surface area (Å²) >= 11 is 0. The van der Waals surface area contributed by atoms with Crippen molar-refractivity contribution < 1.29 is 4.79 Å². The lowest BCUT2D eigenvalue weighted by molar-refractivity contribution is 0.245. The molecule has 2 aromatic carbocycles. The van der Waals surface area contributed by atoms with Gasteiger partial charge in [0.15, 0.2) is 0 Å². The van der Waals surface area contributed by atoms with E-state index in [1.54, 1.807) is 14.1 Å². The second-order valence-electron chi connectivity index (χ2n) is 3.14. The van der Waals surface area contributed by atoms with Crippen molar-refractivity contribution in [3.05, 3.63) is 72.8 Å². The average molecular weight is 304 g/mol. The Kier molecular flexibility index (Phi) is 30.5. The fourth-order valence-electron chi connectivity index (χ4n) is 0.895. The molecule has 2 amide bonds. The Morgan fingerprint density at radius 2 is 0.636 bits per heavy atom. The Morgan fingerprint density at radius 3 is 0.682 bits per heavy atom. The maximum Gasteiger partial charge on any atom is 0.314 e. The first-order valence-electron chi connectivity index (χ1n) is 7.70. The smallest absolute Gasteiger partial charge is 0.314 e. The van der Waals surface area contributed by atoms with Gasteiger partial charge >= 0.3 is 6.03 Å². The van der Waals surface area contributed by atoms with Gasteiger partial charge in [0.05, 0.1) is 0 Å². The first-order chi connectivity index (χ1) is 10.8. The highest BCUT2D eigenvalue weighted by atomic mass is 16.2. The van der Waals surface area contributed by atoms with Crippen LogP contribution in [0.15, 0.2) is 72.8 Å². The van der Waals surface area contributed by atoms with Gasteiger partial charge in [0.2, 0.25) is 0 Å². The summed E-state index contributed by atoms with van der Waals surface area (Å²) < 4.78 is 0. The van der Waals surface area contributed by atoms with E-state index in [0.29, 0.717) is 0 Å². The van der Waals surface area contributed by atoms with Gasteiger partial charge in [-0.25, -0.2) is 4.79 Å². The molecule has 0 saturated heterocycles. The number of nitrogens with one attached hydrogen (secondary N) is 2. The number of urea groups is 1. The Hall–Kier alpha value is -2.29. The predicted molar refractivity (Wildman–Crippen MR) is 99.1 cm³/mol. The Balaban J connectivity index is -0.000000221. The van der Waals surface area contributed by atoms with Gasteiger partial charge in [-0.3, -0.25) is 0 Å². The lowest BCUT2D eigenvalue weighted by Gasteiger charge is -1.91. The fourth-order valence-corrected chi connectivity index (χ4v) is 0.895. The minimum atomic E-state index is -0.157. The molecule has 0 unspecified atom stereocenters. The highest BCUT2D eigenvalue weighted by molar-refractivity contribution is 5.72. The van der Waals surface area contributed by atoms with Gasteiger partial charge in [-0.2, -0.15) is 0 Å². The fraction of sp³-hybridized carbons (Fsp3) is 0.316. The number of hydrogen-bond donors (Lipinski definition) is 2. The molecule has 22 heavy (non-hydrogen) atoms. The molecule has 0 spiro atoms. The van der Waals surface area contributed by atoms with Crippen LogP contribution >= 0.6 is 0 Å². The zero-order valence-corrected chi connectivity index (χ0v) is 14.8. The van der Waals surface area contributed by atoms with Gasteiger partial charge < -0.3 is 10.6 Å². The van der Waals surface area contributed by atoms with Crippen molar-refractivity contribution in [3.63, 3.8) is 0 Å². The number of amides is 2. The summed E-state index contributed by atoms with van der Waals surface area (Å²) in [5.74, 6) is 0. The first-order valence-corrected chi connectivity index (χ1v) is 7.70. The highest BCUT2D eigenvalue weighted by Crippen LogP contribution is 1.80. The molecule has 3 heteroatoms. The second kappa shape index (κ2) is 27.1. The standard InChI is InChI=1S/2C6H6.C3H8N2O.2C2H6/c2*1-2-4-6-5-3-1;1-4-3(6)5-2;2*1-2/h2*1-6H;1-2H3,(H2,4,5,6);2*1-2H3. The minimum absolute atomic E-state index is 0.157. The van der Waals surface area contributed by atoms with E-state index in [0.717, 1.165) is 0 Å². The van der Waals surface area contributed by atoms with E-state index in [-0.39, 0.29) is 6.03 Å². The molecule has 0 saturated carbocycles. The zero-order valence-electron chi connectivity index (χ0n) is 14.8. The summed E-state index contributed by atoms with van der Waals surface area (Å²) in [5.41, 5.74) is 0. The summed E-state index contributed by atoms with van der Waals surface area (Å²) in [7, 11) is 3.14. The Morgan fingerprint density at radius 1 is 0.500 bits per heavy atom. The summed E-state index contributed by atoms with van der Waals surface area (Å²) in [6.07, 6.45) is 0. The van der Waals surface area contributed by atoms with Crippen LogP contribution in [0.1, 0.15) is 27.7 Å². The lowest BCUT2D eigenvalue weighted by atomic mass is 10.4. The molecule has 0 aromatic heterocycles. The van der Waals surface area contributed by atoms with Crippen molar-refractivity contribution in [3.8, 4) is 0 Å². The molecule has 2 rings (SSSR count). The number of hydrogen-bond acceptors (Lipinski definition) is 1. The largest absolute Gasteiger partial charge is 0.341 e. The quantitative estimate of drug-likeness (QED) is 0.709. The van der Waals surface area contributed by atoms with Crippen LogP contribution in [0.5, 0.6) is 0 Å². The van der Waals surface area contributed by atoms with E-state index in [1.807, 2.05) is 100 Å². The molecular weight excluding hydrogens is 272 g/mol. The third-order valence-corrected chi connectivity index (χ3v) is 1.79. The van der Waals surface area contributed by atoms with Crippen LogP contribution in [0, 0.1) is 0 Å². The van der Waals surface area contributed by atoms with Crippen molar-refractivity contribution >= 4 is 6.03 Å². The molecule has 0 aliphatic rings. The SMILES string of the molecule is CC.CC.CNC(=O)NC.c1ccccc1.c1ccccc1. The number of carbonyl (C=O) groups is 1. The third kappa shape index (κ3) is 26.3. The number of benzene rings is 2. The highest BCUT2D eigenvalue weighted by Gasteiger charge is 1.81. The van der Waals surface area contributed by atoms with Gasteiger partial charge in [-0.1, -0.05) is 100 Å². The summed E-state index contributed by atoms with van der Waals surface area (Å²) in [4.78, 5) is 9.96. The number of carbonyl (C=O) groups excluding carboxylic acids is 1. The number of rotatable bonds is 0. The lowest BCUT2D eigenvalue weighted by Crippen LogP contribution is -2.28. The molecule has 0 bridgehead atoms. The van der Waals surface area contributed by atoms with E-state index >= 15 is 0 Å². The maximum atomic E-state index is 9.96. The monoisotopic (exact) mass is 304 g/mol. The molecule has 0 aliphatic heterocycles. The van der Waals surface area contributed by atoms with Crippen molar-refractivity contribution in [2.75, 3.05) is 14.1 Å². The summed E-state index contributed by atoms with van der Waals surface area (Å²) in [5, 5.41) is 4.73. The average Bonchev–Trinajstić information content (AvgIpc) is 2.68. The Labute approximate surface area is 136 Å². The van der Waals surface area contributed by atoms with E-state index in [9.17, 15) is 4.79 Å². The van der Waals surface area contributed by atoms with Crippen molar-refractivity contribution in [1.82, 2.24) is 10.6 Å². The summed E-state index contributed by atoms with van der Waals surface area (Å²) in [6.45, 7) is 8.00. The normalized spacial score (nSPS) is 6.82. The first kappa shape index (κ1) is 24.7. The van der Waals surface area contributed by atoms with Gasteiger partial charge in [-0.15, -0.1) is 0 Å². The molecule has 2 aromatic rings. The van der Waals surface area contributed by atoms with Crippen LogP contribution in [0.3, 0.4) is 0 Å². The molecule has 0 heterocycles. The van der Waals surface area contributed by atoms with Crippen LogP contribution in [0.25, 0.3) is 0 Å². The predicted octanol–water partition coefficient (Wildman–Crippen LogP) is 4.97. The molecule has 124 valence electrons. The van der Waals surface area contributed by atoms with Crippen LogP contribution in [-0.2, 0) is 0 Å². The third-order valence-electron chi connectivity index (χ3n) is 1.79. The molecule has 2 N–H and O–H groups in total. The van der Waals surface area contributed by atoms with Crippen LogP contribution in [0.4, 0.5) is 4.79 Å². The minimum Gasteiger partial charge on any atom is -0.341 e. The Bertz CT molecular complexity index is 286. The zero-order chi connectivity index (χ0) is 17.5. The van der Waals surface area contributed by atoms with Crippen LogP contribution < -0.4 is 10.6 Å². The molecular formula is C19H32N2O. The molecule has 3 nitrogen and oxygen atoms in total. The van der Waals surface area contributed by atoms with E-state index in [2.05, 4.69) is 10.6 Å². The van der Waals surface area contributed by atoms with E-state index in [1.165, 1.54) is 0 Å². The molecule has 0 aliphatic carbocycles. The maximum absolute atomic E-state index is 9.96. The van der Waals surface area contributed by atoms with Crippen LogP contribution in [0.2, 0.25) is 0 Å². The summed E-state index contributed by atoms with van der Waals surface area (Å²) in [6, 6.07) is 23.8. The van der Waals surface area contributed by atoms with E-state index < -0.39 is 0 Å². The van der Waals surface area contributed by atoms with Gasteiger partial charge in [0.25, 0.3) is 0 Å². The van der Waals surface area contributed by atoms with Crippen molar-refractivity contribution in [1.29, 1.82) is 0 Å². The second-order valence-corrected chi connectivity index (χ2v) is 3.14. The van der Waals surface area contributed by atoms with Crippen molar-refractivity contribution in [2.24, 2.45) is 0 Å². The van der Waals surface area contributed by atoms with Crippen LogP contribution in [-0.4, -0.2) is 20.1 Å².